The molecule has 1 fully saturated rings. The van der Waals surface area contributed by atoms with Crippen LogP contribution in [0.2, 0.25) is 0 Å². The van der Waals surface area contributed by atoms with Crippen molar-refractivity contribution in [2.45, 2.75) is 52.1 Å². The summed E-state index contributed by atoms with van der Waals surface area (Å²) in [7, 11) is 0. The molecule has 2 atom stereocenters. The second-order valence-corrected chi connectivity index (χ2v) is 5.69. The van der Waals surface area contributed by atoms with Gasteiger partial charge in [-0.3, -0.25) is 0 Å². The van der Waals surface area contributed by atoms with Crippen LogP contribution in [-0.4, -0.2) is 25.2 Å². The monoisotopic (exact) mass is 264 g/mol. The summed E-state index contributed by atoms with van der Waals surface area (Å²) in [5.41, 5.74) is 1.89. The van der Waals surface area contributed by atoms with Gasteiger partial charge in [0, 0.05) is 25.2 Å². The fourth-order valence-corrected chi connectivity index (χ4v) is 2.77. The predicted octanol–water partition coefficient (Wildman–Crippen LogP) is 3.49. The molecule has 1 aromatic rings. The maximum absolute atomic E-state index is 14.0. The molecule has 0 radical (unpaired) electrons. The Morgan fingerprint density at radius 2 is 2.05 bits per heavy atom. The molecule has 3 heteroatoms. The second-order valence-electron chi connectivity index (χ2n) is 5.69. The molecule has 19 heavy (non-hydrogen) atoms. The summed E-state index contributed by atoms with van der Waals surface area (Å²) in [5, 5.41) is 3.65. The fourth-order valence-electron chi connectivity index (χ4n) is 2.77. The molecule has 0 bridgehead atoms. The number of benzene rings is 1. The molecule has 2 nitrogen and oxygen atoms in total. The van der Waals surface area contributed by atoms with Gasteiger partial charge < -0.3 is 10.2 Å². The maximum atomic E-state index is 14.0. The van der Waals surface area contributed by atoms with Crippen LogP contribution in [0, 0.1) is 12.7 Å². The van der Waals surface area contributed by atoms with E-state index in [0.717, 1.165) is 43.6 Å². The molecule has 1 aliphatic heterocycles. The van der Waals surface area contributed by atoms with Crippen molar-refractivity contribution in [3.63, 3.8) is 0 Å². The van der Waals surface area contributed by atoms with E-state index in [1.165, 1.54) is 0 Å². The first-order chi connectivity index (χ1) is 9.10. The Morgan fingerprint density at radius 1 is 1.32 bits per heavy atom. The molecule has 1 aliphatic rings. The molecule has 2 unspecified atom stereocenters. The quantitative estimate of drug-likeness (QED) is 0.879. The highest BCUT2D eigenvalue weighted by Gasteiger charge is 2.19. The smallest absolute Gasteiger partial charge is 0.146 e. The molecule has 1 aromatic carbocycles. The molecule has 2 rings (SSSR count). The Hall–Kier alpha value is -1.09. The van der Waals surface area contributed by atoms with Gasteiger partial charge in [0.25, 0.3) is 0 Å². The molecule has 1 heterocycles. The third-order valence-corrected chi connectivity index (χ3v) is 4.03. The van der Waals surface area contributed by atoms with E-state index in [9.17, 15) is 4.39 Å². The number of hydrogen-bond donors (Lipinski definition) is 1. The third kappa shape index (κ3) is 3.69. The van der Waals surface area contributed by atoms with Gasteiger partial charge in [0.2, 0.25) is 0 Å². The van der Waals surface area contributed by atoms with Crippen molar-refractivity contribution in [2.75, 3.05) is 18.0 Å². The summed E-state index contributed by atoms with van der Waals surface area (Å²) in [6.07, 6.45) is 3.27. The predicted molar refractivity (Wildman–Crippen MR) is 79.3 cm³/mol. The fraction of sp³-hybridized carbons (Fsp3) is 0.625. The average Bonchev–Trinajstić information content (AvgIpc) is 2.38. The Labute approximate surface area is 116 Å². The number of rotatable bonds is 2. The minimum absolute atomic E-state index is 0.0974. The number of nitrogens with zero attached hydrogens (tertiary/aromatic N) is 1. The Bertz CT molecular complexity index is 419. The van der Waals surface area contributed by atoms with Gasteiger partial charge in [0.1, 0.15) is 5.82 Å². The van der Waals surface area contributed by atoms with E-state index in [0.29, 0.717) is 12.1 Å². The van der Waals surface area contributed by atoms with Crippen molar-refractivity contribution in [3.05, 3.63) is 29.6 Å². The van der Waals surface area contributed by atoms with E-state index in [1.54, 1.807) is 6.07 Å². The van der Waals surface area contributed by atoms with Gasteiger partial charge in [-0.15, -0.1) is 0 Å². The first kappa shape index (κ1) is 14.3. The van der Waals surface area contributed by atoms with Gasteiger partial charge in [-0.25, -0.2) is 4.39 Å². The standard InChI is InChI=1S/C16H25FN2/c1-4-14-8-10-19(9-7-13(3)18-14)16-11-12(2)5-6-15(16)17/h5-6,11,13-14,18H,4,7-10H2,1-3H3. The first-order valence-electron chi connectivity index (χ1n) is 7.37. The van der Waals surface area contributed by atoms with E-state index in [2.05, 4.69) is 24.1 Å². The van der Waals surface area contributed by atoms with Crippen molar-refractivity contribution in [3.8, 4) is 0 Å². The van der Waals surface area contributed by atoms with E-state index in [4.69, 9.17) is 0 Å². The lowest BCUT2D eigenvalue weighted by Crippen LogP contribution is -2.44. The molecule has 0 amide bonds. The van der Waals surface area contributed by atoms with E-state index < -0.39 is 0 Å². The van der Waals surface area contributed by atoms with Crippen molar-refractivity contribution in [1.82, 2.24) is 5.32 Å². The summed E-state index contributed by atoms with van der Waals surface area (Å²) in [4.78, 5) is 2.21. The lowest BCUT2D eigenvalue weighted by atomic mass is 10.0. The summed E-state index contributed by atoms with van der Waals surface area (Å²) < 4.78 is 14.0. The highest BCUT2D eigenvalue weighted by molar-refractivity contribution is 5.50. The van der Waals surface area contributed by atoms with Crippen molar-refractivity contribution >= 4 is 5.69 Å². The first-order valence-corrected chi connectivity index (χ1v) is 7.37. The molecular formula is C16H25FN2. The summed E-state index contributed by atoms with van der Waals surface area (Å²) >= 11 is 0. The number of anilines is 1. The van der Waals surface area contributed by atoms with Crippen LogP contribution in [0.1, 0.15) is 38.7 Å². The van der Waals surface area contributed by atoms with E-state index in [1.807, 2.05) is 19.1 Å². The van der Waals surface area contributed by atoms with Crippen LogP contribution in [0.25, 0.3) is 0 Å². The van der Waals surface area contributed by atoms with Crippen LogP contribution >= 0.6 is 0 Å². The SMILES string of the molecule is CCC1CCN(c2cc(C)ccc2F)CCC(C)N1. The zero-order valence-electron chi connectivity index (χ0n) is 12.2. The van der Waals surface area contributed by atoms with Gasteiger partial charge >= 0.3 is 0 Å². The van der Waals surface area contributed by atoms with Crippen molar-refractivity contribution in [1.29, 1.82) is 0 Å². The Kier molecular flexibility index (Phi) is 4.81. The molecule has 0 spiro atoms. The molecule has 0 aromatic heterocycles. The van der Waals surface area contributed by atoms with Gasteiger partial charge in [0.05, 0.1) is 5.69 Å². The summed E-state index contributed by atoms with van der Waals surface area (Å²) in [5.74, 6) is -0.0974. The highest BCUT2D eigenvalue weighted by Crippen LogP contribution is 2.23. The van der Waals surface area contributed by atoms with E-state index in [-0.39, 0.29) is 5.82 Å². The van der Waals surface area contributed by atoms with Crippen molar-refractivity contribution < 1.29 is 4.39 Å². The topological polar surface area (TPSA) is 15.3 Å². The normalized spacial score (nSPS) is 24.9. The zero-order chi connectivity index (χ0) is 13.8. The third-order valence-electron chi connectivity index (χ3n) is 4.03. The van der Waals surface area contributed by atoms with Gasteiger partial charge in [-0.05, 0) is 50.8 Å². The van der Waals surface area contributed by atoms with E-state index >= 15 is 0 Å². The maximum Gasteiger partial charge on any atom is 0.146 e. The van der Waals surface area contributed by atoms with Crippen molar-refractivity contribution in [2.24, 2.45) is 0 Å². The number of aryl methyl sites for hydroxylation is 1. The average molecular weight is 264 g/mol. The van der Waals surface area contributed by atoms with Gasteiger partial charge in [-0.1, -0.05) is 13.0 Å². The zero-order valence-corrected chi connectivity index (χ0v) is 12.2. The largest absolute Gasteiger partial charge is 0.369 e. The number of hydrogen-bond acceptors (Lipinski definition) is 2. The minimum Gasteiger partial charge on any atom is -0.369 e. The molecule has 0 aliphatic carbocycles. The summed E-state index contributed by atoms with van der Waals surface area (Å²) in [6, 6.07) is 6.44. The molecule has 0 saturated carbocycles. The lowest BCUT2D eigenvalue weighted by Gasteiger charge is -2.33. The molecule has 1 saturated heterocycles. The molecular weight excluding hydrogens is 239 g/mol. The van der Waals surface area contributed by atoms with Crippen LogP contribution in [0.3, 0.4) is 0 Å². The van der Waals surface area contributed by atoms with Gasteiger partial charge in [0.15, 0.2) is 0 Å². The van der Waals surface area contributed by atoms with Crippen LogP contribution < -0.4 is 10.2 Å². The lowest BCUT2D eigenvalue weighted by molar-refractivity contribution is 0.377. The van der Waals surface area contributed by atoms with Gasteiger partial charge in [-0.2, -0.15) is 0 Å². The Morgan fingerprint density at radius 3 is 2.79 bits per heavy atom. The van der Waals surface area contributed by atoms with Crippen LogP contribution in [0.4, 0.5) is 10.1 Å². The van der Waals surface area contributed by atoms with Crippen LogP contribution in [-0.2, 0) is 0 Å². The highest BCUT2D eigenvalue weighted by atomic mass is 19.1. The number of nitrogens with one attached hydrogen (secondary N) is 1. The van der Waals surface area contributed by atoms with Crippen LogP contribution in [0.15, 0.2) is 18.2 Å². The molecule has 1 N–H and O–H groups in total. The Balaban J connectivity index is 2.16. The second kappa shape index (κ2) is 6.38. The summed E-state index contributed by atoms with van der Waals surface area (Å²) in [6.45, 7) is 8.30. The number of halogens is 1. The van der Waals surface area contributed by atoms with Crippen LogP contribution in [0.5, 0.6) is 0 Å². The minimum atomic E-state index is -0.0974. The molecule has 106 valence electrons.